The third-order valence-electron chi connectivity index (χ3n) is 3.28. The Balaban J connectivity index is 1.68. The number of hydrogen-bond donors (Lipinski definition) is 1. The number of fused-ring (bicyclic) bond motifs is 1. The highest BCUT2D eigenvalue weighted by Gasteiger charge is 2.19. The molecule has 3 rings (SSSR count). The van der Waals surface area contributed by atoms with Gasteiger partial charge < -0.3 is 9.73 Å². The summed E-state index contributed by atoms with van der Waals surface area (Å²) in [7, 11) is 3.90. The first-order valence-electron chi connectivity index (χ1n) is 6.55. The van der Waals surface area contributed by atoms with Crippen LogP contribution in [0.1, 0.15) is 22.3 Å². The Bertz CT molecular complexity index is 701. The van der Waals surface area contributed by atoms with E-state index in [1.807, 2.05) is 47.1 Å². The van der Waals surface area contributed by atoms with Gasteiger partial charge in [-0.1, -0.05) is 0 Å². The lowest BCUT2D eigenvalue weighted by Gasteiger charge is -2.22. The quantitative estimate of drug-likeness (QED) is 0.783. The smallest absolute Gasteiger partial charge is 0.271 e. The molecule has 0 fully saturated rings. The highest BCUT2D eigenvalue weighted by Crippen LogP contribution is 2.18. The van der Waals surface area contributed by atoms with Crippen molar-refractivity contribution in [3.05, 3.63) is 47.6 Å². The lowest BCUT2D eigenvalue weighted by Crippen LogP contribution is -2.34. The summed E-state index contributed by atoms with van der Waals surface area (Å²) in [5.74, 6) is 0.649. The number of rotatable bonds is 5. The maximum atomic E-state index is 12.2. The highest BCUT2D eigenvalue weighted by molar-refractivity contribution is 7.15. The van der Waals surface area contributed by atoms with Gasteiger partial charge in [0.1, 0.15) is 11.5 Å². The van der Waals surface area contributed by atoms with Crippen molar-refractivity contribution in [2.24, 2.45) is 0 Å². The maximum absolute atomic E-state index is 12.2. The summed E-state index contributed by atoms with van der Waals surface area (Å²) in [5.41, 5.74) is 0.429. The summed E-state index contributed by atoms with van der Waals surface area (Å²) in [6.45, 7) is 0.463. The third-order valence-corrected chi connectivity index (χ3v) is 4.05. The van der Waals surface area contributed by atoms with Crippen molar-refractivity contribution < 1.29 is 9.21 Å². The molecule has 3 aromatic heterocycles. The molecule has 3 aromatic rings. The third kappa shape index (κ3) is 2.84. The van der Waals surface area contributed by atoms with E-state index in [2.05, 4.69) is 10.3 Å². The summed E-state index contributed by atoms with van der Waals surface area (Å²) < 4.78 is 7.26. The molecule has 0 radical (unpaired) electrons. The number of furan rings is 1. The van der Waals surface area contributed by atoms with Crippen LogP contribution >= 0.6 is 11.3 Å². The van der Waals surface area contributed by atoms with E-state index in [-0.39, 0.29) is 11.9 Å². The molecule has 0 spiro atoms. The fourth-order valence-electron chi connectivity index (χ4n) is 2.14. The summed E-state index contributed by atoms with van der Waals surface area (Å²) >= 11 is 1.50. The Kier molecular flexibility index (Phi) is 3.76. The van der Waals surface area contributed by atoms with Crippen LogP contribution in [0.25, 0.3) is 4.96 Å². The van der Waals surface area contributed by atoms with Crippen molar-refractivity contribution in [1.82, 2.24) is 19.6 Å². The summed E-state index contributed by atoms with van der Waals surface area (Å²) in [5, 5.41) is 4.84. The van der Waals surface area contributed by atoms with Crippen LogP contribution in [0.5, 0.6) is 0 Å². The van der Waals surface area contributed by atoms with Crippen molar-refractivity contribution in [2.75, 3.05) is 20.6 Å². The van der Waals surface area contributed by atoms with Crippen LogP contribution in [0.15, 0.2) is 40.6 Å². The van der Waals surface area contributed by atoms with Crippen molar-refractivity contribution in [3.63, 3.8) is 0 Å². The van der Waals surface area contributed by atoms with E-state index in [9.17, 15) is 4.79 Å². The van der Waals surface area contributed by atoms with Gasteiger partial charge in [0.15, 0.2) is 4.96 Å². The van der Waals surface area contributed by atoms with E-state index in [1.165, 1.54) is 11.3 Å². The number of hydrogen-bond acceptors (Lipinski definition) is 5. The van der Waals surface area contributed by atoms with Gasteiger partial charge in [0, 0.05) is 24.3 Å². The number of likely N-dealkylation sites (N-methyl/N-ethyl adjacent to an activating group) is 1. The first-order valence-corrected chi connectivity index (χ1v) is 7.43. The Morgan fingerprint density at radius 2 is 2.43 bits per heavy atom. The zero-order chi connectivity index (χ0) is 14.8. The highest BCUT2D eigenvalue weighted by atomic mass is 32.1. The molecule has 0 bridgehead atoms. The van der Waals surface area contributed by atoms with Crippen LogP contribution in [0, 0.1) is 0 Å². The molecule has 1 N–H and O–H groups in total. The SMILES string of the molecule is CN(C)C(CNC(=O)c1cn2ccsc2n1)c1ccco1. The molecule has 0 aliphatic rings. The number of amides is 1. The minimum Gasteiger partial charge on any atom is -0.468 e. The predicted molar refractivity (Wildman–Crippen MR) is 80.5 cm³/mol. The molecule has 6 nitrogen and oxygen atoms in total. The molecule has 1 atom stereocenters. The van der Waals surface area contributed by atoms with Gasteiger partial charge in [-0.15, -0.1) is 11.3 Å². The molecule has 0 aliphatic carbocycles. The molecule has 0 saturated carbocycles. The molecular formula is C14H16N4O2S. The van der Waals surface area contributed by atoms with Crippen LogP contribution in [-0.2, 0) is 0 Å². The summed E-state index contributed by atoms with van der Waals surface area (Å²) in [6, 6.07) is 3.74. The second kappa shape index (κ2) is 5.71. The Morgan fingerprint density at radius 3 is 3.10 bits per heavy atom. The minimum atomic E-state index is -0.177. The molecular weight excluding hydrogens is 288 g/mol. The summed E-state index contributed by atoms with van der Waals surface area (Å²) in [4.78, 5) is 19.3. The first kappa shape index (κ1) is 13.8. The first-order chi connectivity index (χ1) is 10.1. The minimum absolute atomic E-state index is 0.00678. The Morgan fingerprint density at radius 1 is 1.57 bits per heavy atom. The molecule has 0 aromatic carbocycles. The molecule has 0 saturated heterocycles. The normalized spacial score (nSPS) is 12.9. The molecule has 1 unspecified atom stereocenters. The van der Waals surface area contributed by atoms with E-state index in [0.717, 1.165) is 10.7 Å². The second-order valence-corrected chi connectivity index (χ2v) is 5.80. The number of thiazole rings is 1. The fourth-order valence-corrected chi connectivity index (χ4v) is 2.84. The van der Waals surface area contributed by atoms with E-state index >= 15 is 0 Å². The zero-order valence-electron chi connectivity index (χ0n) is 11.8. The summed E-state index contributed by atoms with van der Waals surface area (Å²) in [6.07, 6.45) is 5.26. The number of nitrogens with one attached hydrogen (secondary N) is 1. The van der Waals surface area contributed by atoms with E-state index in [0.29, 0.717) is 12.2 Å². The fraction of sp³-hybridized carbons (Fsp3) is 0.286. The van der Waals surface area contributed by atoms with Gasteiger partial charge in [-0.05, 0) is 26.2 Å². The average molecular weight is 304 g/mol. The van der Waals surface area contributed by atoms with E-state index in [1.54, 1.807) is 12.5 Å². The molecule has 110 valence electrons. The van der Waals surface area contributed by atoms with Crippen LogP contribution in [0.3, 0.4) is 0 Å². The maximum Gasteiger partial charge on any atom is 0.271 e. The number of imidazole rings is 1. The van der Waals surface area contributed by atoms with Gasteiger partial charge in [-0.2, -0.15) is 0 Å². The number of aromatic nitrogens is 2. The molecule has 21 heavy (non-hydrogen) atoms. The molecule has 3 heterocycles. The van der Waals surface area contributed by atoms with Crippen molar-refractivity contribution in [2.45, 2.75) is 6.04 Å². The Hall–Kier alpha value is -2.12. The van der Waals surface area contributed by atoms with Gasteiger partial charge in [0.25, 0.3) is 5.91 Å². The van der Waals surface area contributed by atoms with Gasteiger partial charge in [0.05, 0.1) is 12.3 Å². The van der Waals surface area contributed by atoms with Crippen molar-refractivity contribution >= 4 is 22.2 Å². The number of carbonyl (C=O) groups excluding carboxylic acids is 1. The monoisotopic (exact) mass is 304 g/mol. The van der Waals surface area contributed by atoms with Crippen LogP contribution in [-0.4, -0.2) is 40.8 Å². The number of nitrogens with zero attached hydrogens (tertiary/aromatic N) is 3. The van der Waals surface area contributed by atoms with Crippen LogP contribution < -0.4 is 5.32 Å². The lowest BCUT2D eigenvalue weighted by atomic mass is 10.2. The zero-order valence-corrected chi connectivity index (χ0v) is 12.6. The van der Waals surface area contributed by atoms with Gasteiger partial charge >= 0.3 is 0 Å². The molecule has 1 amide bonds. The van der Waals surface area contributed by atoms with Crippen molar-refractivity contribution in [3.8, 4) is 0 Å². The molecule has 7 heteroatoms. The topological polar surface area (TPSA) is 62.8 Å². The van der Waals surface area contributed by atoms with Crippen LogP contribution in [0.2, 0.25) is 0 Å². The lowest BCUT2D eigenvalue weighted by molar-refractivity contribution is 0.0934. The van der Waals surface area contributed by atoms with Gasteiger partial charge in [-0.25, -0.2) is 4.98 Å². The standard InChI is InChI=1S/C14H16N4O2S/c1-17(2)11(12-4-3-6-20-12)8-15-13(19)10-9-18-5-7-21-14(18)16-10/h3-7,9,11H,8H2,1-2H3,(H,15,19). The molecule has 0 aliphatic heterocycles. The average Bonchev–Trinajstić information content (AvgIpc) is 3.14. The Labute approximate surface area is 126 Å². The van der Waals surface area contributed by atoms with E-state index in [4.69, 9.17) is 4.42 Å². The largest absolute Gasteiger partial charge is 0.468 e. The predicted octanol–water partition coefficient (Wildman–Crippen LogP) is 2.02. The van der Waals surface area contributed by atoms with E-state index < -0.39 is 0 Å². The van der Waals surface area contributed by atoms with Crippen LogP contribution in [0.4, 0.5) is 0 Å². The van der Waals surface area contributed by atoms with Gasteiger partial charge in [-0.3, -0.25) is 14.1 Å². The number of carbonyl (C=O) groups is 1. The van der Waals surface area contributed by atoms with Gasteiger partial charge in [0.2, 0.25) is 0 Å². The van der Waals surface area contributed by atoms with Crippen molar-refractivity contribution in [1.29, 1.82) is 0 Å². The second-order valence-electron chi connectivity index (χ2n) is 4.92.